The molecule has 2 aliphatic heterocycles. The van der Waals surface area contributed by atoms with Crippen molar-refractivity contribution in [2.24, 2.45) is 47.3 Å². The van der Waals surface area contributed by atoms with Crippen LogP contribution in [0.3, 0.4) is 0 Å². The van der Waals surface area contributed by atoms with E-state index in [4.69, 9.17) is 0 Å². The predicted octanol–water partition coefficient (Wildman–Crippen LogP) is -0.490. The molecule has 2 saturated carbocycles. The van der Waals surface area contributed by atoms with E-state index in [0.717, 1.165) is 0 Å². The number of rotatable bonds is 0. The summed E-state index contributed by atoms with van der Waals surface area (Å²) in [6, 6.07) is 0. The van der Waals surface area contributed by atoms with E-state index in [1.165, 1.54) is 23.9 Å². The third kappa shape index (κ3) is 1.03. The quantitative estimate of drug-likeness (QED) is 0.447. The van der Waals surface area contributed by atoms with Crippen molar-refractivity contribution < 1.29 is 19.2 Å². The van der Waals surface area contributed by atoms with E-state index >= 15 is 0 Å². The lowest BCUT2D eigenvalue weighted by Crippen LogP contribution is -2.63. The van der Waals surface area contributed by atoms with Crippen molar-refractivity contribution in [2.45, 2.75) is 0 Å². The van der Waals surface area contributed by atoms with Gasteiger partial charge in [-0.3, -0.25) is 29.0 Å². The van der Waals surface area contributed by atoms with Crippen molar-refractivity contribution in [3.63, 3.8) is 0 Å². The molecule has 4 fully saturated rings. The summed E-state index contributed by atoms with van der Waals surface area (Å²) in [6.07, 6.45) is 4.03. The van der Waals surface area contributed by atoms with Crippen LogP contribution in [0.2, 0.25) is 0 Å². The SMILES string of the molecule is CN1C(=O)C2C3C=CC(C2C1=O)C1C2C(=O)N(C)C(=O)C2C31. The van der Waals surface area contributed by atoms with Crippen LogP contribution in [0.5, 0.6) is 0 Å². The Bertz CT molecular complexity index is 642. The monoisotopic (exact) mass is 300 g/mol. The van der Waals surface area contributed by atoms with E-state index in [9.17, 15) is 19.2 Å². The summed E-state index contributed by atoms with van der Waals surface area (Å²) in [6.45, 7) is 0. The topological polar surface area (TPSA) is 74.8 Å². The Morgan fingerprint density at radius 2 is 0.955 bits per heavy atom. The molecule has 114 valence electrons. The molecular weight excluding hydrogens is 284 g/mol. The summed E-state index contributed by atoms with van der Waals surface area (Å²) in [5, 5.41) is 0. The van der Waals surface area contributed by atoms with Crippen molar-refractivity contribution in [1.29, 1.82) is 0 Å². The van der Waals surface area contributed by atoms with Gasteiger partial charge < -0.3 is 0 Å². The van der Waals surface area contributed by atoms with E-state index in [0.29, 0.717) is 0 Å². The van der Waals surface area contributed by atoms with Crippen molar-refractivity contribution in [1.82, 2.24) is 9.80 Å². The molecule has 8 unspecified atom stereocenters. The molecule has 0 aromatic heterocycles. The first-order chi connectivity index (χ1) is 10.4. The minimum atomic E-state index is -0.330. The van der Waals surface area contributed by atoms with Gasteiger partial charge in [0.15, 0.2) is 0 Å². The zero-order chi connectivity index (χ0) is 15.5. The van der Waals surface area contributed by atoms with Gasteiger partial charge in [0, 0.05) is 14.1 Å². The van der Waals surface area contributed by atoms with Crippen LogP contribution in [0.15, 0.2) is 12.2 Å². The summed E-state index contributed by atoms with van der Waals surface area (Å²) in [5.74, 6) is -1.76. The van der Waals surface area contributed by atoms with E-state index in [2.05, 4.69) is 0 Å². The highest BCUT2D eigenvalue weighted by Crippen LogP contribution is 2.67. The molecule has 6 heteroatoms. The van der Waals surface area contributed by atoms with Crippen molar-refractivity contribution in [3.05, 3.63) is 12.2 Å². The highest BCUT2D eigenvalue weighted by molar-refractivity contribution is 6.08. The van der Waals surface area contributed by atoms with Gasteiger partial charge in [-0.25, -0.2) is 0 Å². The Morgan fingerprint density at radius 1 is 0.636 bits per heavy atom. The number of imide groups is 2. The van der Waals surface area contributed by atoms with E-state index in [1.54, 1.807) is 0 Å². The molecule has 0 N–H and O–H groups in total. The maximum atomic E-state index is 12.4. The molecular formula is C16H16N2O4. The summed E-state index contributed by atoms with van der Waals surface area (Å²) in [4.78, 5) is 52.0. The largest absolute Gasteiger partial charge is 0.285 e. The van der Waals surface area contributed by atoms with Crippen LogP contribution in [0, 0.1) is 47.3 Å². The van der Waals surface area contributed by atoms with Crippen molar-refractivity contribution >= 4 is 23.6 Å². The number of nitrogens with zero attached hydrogens (tertiary/aromatic N) is 2. The van der Waals surface area contributed by atoms with Crippen LogP contribution in [0.4, 0.5) is 0 Å². The normalized spacial score (nSPS) is 51.2. The molecule has 6 aliphatic rings. The fourth-order valence-electron chi connectivity index (χ4n) is 5.90. The third-order valence-electron chi connectivity index (χ3n) is 6.78. The van der Waals surface area contributed by atoms with Gasteiger partial charge in [-0.2, -0.15) is 0 Å². The Kier molecular flexibility index (Phi) is 2.00. The van der Waals surface area contributed by atoms with Crippen LogP contribution >= 0.6 is 0 Å². The van der Waals surface area contributed by atoms with Gasteiger partial charge in [0.1, 0.15) is 0 Å². The molecule has 2 bridgehead atoms. The maximum absolute atomic E-state index is 12.4. The van der Waals surface area contributed by atoms with Crippen LogP contribution < -0.4 is 0 Å². The molecule has 6 nitrogen and oxygen atoms in total. The number of carbonyl (C=O) groups excluding carboxylic acids is 4. The molecule has 0 spiro atoms. The molecule has 6 rings (SSSR count). The fourth-order valence-corrected chi connectivity index (χ4v) is 5.90. The average molecular weight is 300 g/mol. The van der Waals surface area contributed by atoms with Gasteiger partial charge in [-0.15, -0.1) is 0 Å². The lowest BCUT2D eigenvalue weighted by atomic mass is 9.40. The summed E-state index contributed by atoms with van der Waals surface area (Å²) in [7, 11) is 3.07. The minimum absolute atomic E-state index is 0.0471. The van der Waals surface area contributed by atoms with Crippen LogP contribution in [0.1, 0.15) is 0 Å². The van der Waals surface area contributed by atoms with Gasteiger partial charge in [0.25, 0.3) is 0 Å². The number of hydrogen-bond acceptors (Lipinski definition) is 4. The molecule has 4 amide bonds. The molecule has 0 radical (unpaired) electrons. The second-order valence-electron chi connectivity index (χ2n) is 7.27. The Labute approximate surface area is 127 Å². The summed E-state index contributed by atoms with van der Waals surface area (Å²) >= 11 is 0. The first-order valence-electron chi connectivity index (χ1n) is 7.76. The predicted molar refractivity (Wildman–Crippen MR) is 72.6 cm³/mol. The number of fused-ring (bicyclic) bond motifs is 1. The smallest absolute Gasteiger partial charge is 0.233 e. The molecule has 0 aromatic rings. The van der Waals surface area contributed by atoms with Crippen LogP contribution in [-0.4, -0.2) is 47.5 Å². The number of amides is 4. The molecule has 8 atom stereocenters. The Hall–Kier alpha value is -1.98. The van der Waals surface area contributed by atoms with Gasteiger partial charge in [0.05, 0.1) is 23.7 Å². The molecule has 2 heterocycles. The Morgan fingerprint density at radius 3 is 1.32 bits per heavy atom. The zero-order valence-electron chi connectivity index (χ0n) is 12.3. The van der Waals surface area contributed by atoms with Crippen molar-refractivity contribution in [3.8, 4) is 0 Å². The number of likely N-dealkylation sites (tertiary alicyclic amines) is 2. The molecule has 0 aromatic carbocycles. The van der Waals surface area contributed by atoms with Crippen molar-refractivity contribution in [2.75, 3.05) is 14.1 Å². The Balaban J connectivity index is 1.62. The van der Waals surface area contributed by atoms with E-state index in [-0.39, 0.29) is 71.0 Å². The van der Waals surface area contributed by atoms with Crippen LogP contribution in [-0.2, 0) is 19.2 Å². The van der Waals surface area contributed by atoms with Gasteiger partial charge in [-0.05, 0) is 23.7 Å². The first kappa shape index (κ1) is 12.6. The number of carbonyl (C=O) groups is 4. The minimum Gasteiger partial charge on any atom is -0.285 e. The van der Waals surface area contributed by atoms with Gasteiger partial charge >= 0.3 is 0 Å². The lowest BCUT2D eigenvalue weighted by Gasteiger charge is -2.60. The van der Waals surface area contributed by atoms with Gasteiger partial charge in [-0.1, -0.05) is 12.2 Å². The molecule has 4 aliphatic carbocycles. The standard InChI is InChI=1S/C16H16N2O4/c1-17-13(19)9-5-3-4-6(10(9)14(17)20)8-7(5)11-12(8)16(22)18(2)15(11)21/h3-12H,1-2H3. The van der Waals surface area contributed by atoms with Gasteiger partial charge in [0.2, 0.25) is 23.6 Å². The van der Waals surface area contributed by atoms with E-state index < -0.39 is 0 Å². The average Bonchev–Trinajstić information content (AvgIpc) is 2.82. The molecule has 2 saturated heterocycles. The number of allylic oxidation sites excluding steroid dienone is 2. The second kappa shape index (κ2) is 3.50. The highest BCUT2D eigenvalue weighted by atomic mass is 16.2. The maximum Gasteiger partial charge on any atom is 0.233 e. The molecule has 22 heavy (non-hydrogen) atoms. The fraction of sp³-hybridized carbons (Fsp3) is 0.625. The summed E-state index contributed by atoms with van der Waals surface area (Å²) < 4.78 is 0. The third-order valence-corrected chi connectivity index (χ3v) is 6.78. The highest BCUT2D eigenvalue weighted by Gasteiger charge is 2.74. The second-order valence-corrected chi connectivity index (χ2v) is 7.27. The summed E-state index contributed by atoms with van der Waals surface area (Å²) in [5.41, 5.74) is 0. The van der Waals surface area contributed by atoms with E-state index in [1.807, 2.05) is 12.2 Å². The van der Waals surface area contributed by atoms with Crippen LogP contribution in [0.25, 0.3) is 0 Å². The lowest BCUT2D eigenvalue weighted by molar-refractivity contribution is -0.166. The number of hydrogen-bond donors (Lipinski definition) is 0. The first-order valence-corrected chi connectivity index (χ1v) is 7.76. The zero-order valence-corrected chi connectivity index (χ0v) is 12.3.